The van der Waals surface area contributed by atoms with Gasteiger partial charge in [-0.15, -0.1) is 0 Å². The number of halogens is 1. The smallest absolute Gasteiger partial charge is 0.306 e. The number of hydrogen-bond donors (Lipinski definition) is 1. The number of pyridine rings is 1. The van der Waals surface area contributed by atoms with Crippen LogP contribution in [0.1, 0.15) is 12.8 Å². The first-order valence-electron chi connectivity index (χ1n) is 6.07. The predicted molar refractivity (Wildman–Crippen MR) is 66.5 cm³/mol. The standard InChI is InChI=1S/C14H12FNO3/c15-10-4-8-2-1-3-12(13(8)16-7-10)19-11-5-9(6-11)14(17)18/h1-4,7,9,11H,5-6H2,(H,17,18). The Labute approximate surface area is 108 Å². The Kier molecular flexibility index (Phi) is 2.81. The molecule has 0 amide bonds. The Morgan fingerprint density at radius 1 is 1.42 bits per heavy atom. The van der Waals surface area contributed by atoms with Gasteiger partial charge >= 0.3 is 5.97 Å². The van der Waals surface area contributed by atoms with E-state index in [1.807, 2.05) is 0 Å². The quantitative estimate of drug-likeness (QED) is 0.922. The van der Waals surface area contributed by atoms with Crippen LogP contribution in [0.4, 0.5) is 4.39 Å². The van der Waals surface area contributed by atoms with E-state index in [-0.39, 0.29) is 17.8 Å². The normalized spacial score (nSPS) is 21.9. The second-order valence-electron chi connectivity index (χ2n) is 4.73. The molecule has 1 aromatic heterocycles. The van der Waals surface area contributed by atoms with Gasteiger partial charge in [-0.25, -0.2) is 9.37 Å². The number of carbonyl (C=O) groups is 1. The number of rotatable bonds is 3. The van der Waals surface area contributed by atoms with Crippen molar-refractivity contribution in [1.82, 2.24) is 4.98 Å². The Morgan fingerprint density at radius 3 is 2.95 bits per heavy atom. The third kappa shape index (κ3) is 2.23. The minimum absolute atomic E-state index is 0.0986. The van der Waals surface area contributed by atoms with Crippen molar-refractivity contribution in [3.05, 3.63) is 36.3 Å². The Morgan fingerprint density at radius 2 is 2.21 bits per heavy atom. The zero-order chi connectivity index (χ0) is 13.4. The van der Waals surface area contributed by atoms with Crippen LogP contribution in [-0.4, -0.2) is 22.2 Å². The molecule has 1 N–H and O–H groups in total. The molecule has 0 unspecified atom stereocenters. The van der Waals surface area contributed by atoms with Crippen molar-refractivity contribution < 1.29 is 19.0 Å². The van der Waals surface area contributed by atoms with Gasteiger partial charge < -0.3 is 9.84 Å². The highest BCUT2D eigenvalue weighted by Gasteiger charge is 2.36. The highest BCUT2D eigenvalue weighted by Crippen LogP contribution is 2.33. The molecular formula is C14H12FNO3. The van der Waals surface area contributed by atoms with Crippen LogP contribution in [0, 0.1) is 11.7 Å². The molecule has 1 heterocycles. The first kappa shape index (κ1) is 11.9. The van der Waals surface area contributed by atoms with E-state index in [2.05, 4.69) is 4.98 Å². The van der Waals surface area contributed by atoms with Gasteiger partial charge in [-0.05, 0) is 25.0 Å². The number of benzene rings is 1. The largest absolute Gasteiger partial charge is 0.488 e. The van der Waals surface area contributed by atoms with Crippen LogP contribution in [0.5, 0.6) is 5.75 Å². The second-order valence-corrected chi connectivity index (χ2v) is 4.73. The maximum Gasteiger partial charge on any atom is 0.306 e. The van der Waals surface area contributed by atoms with Gasteiger partial charge in [0.05, 0.1) is 12.1 Å². The first-order chi connectivity index (χ1) is 9.13. The molecule has 2 aromatic rings. The van der Waals surface area contributed by atoms with Crippen molar-refractivity contribution in [3.8, 4) is 5.75 Å². The van der Waals surface area contributed by atoms with Gasteiger partial charge in [-0.3, -0.25) is 4.79 Å². The SMILES string of the molecule is O=C(O)C1CC(Oc2cccc3cc(F)cnc23)C1. The zero-order valence-corrected chi connectivity index (χ0v) is 10.0. The van der Waals surface area contributed by atoms with E-state index in [9.17, 15) is 9.18 Å². The summed E-state index contributed by atoms with van der Waals surface area (Å²) in [5, 5.41) is 9.48. The van der Waals surface area contributed by atoms with Gasteiger partial charge in [0.15, 0.2) is 0 Å². The minimum Gasteiger partial charge on any atom is -0.488 e. The van der Waals surface area contributed by atoms with E-state index in [0.29, 0.717) is 29.5 Å². The topological polar surface area (TPSA) is 59.4 Å². The molecule has 0 bridgehead atoms. The number of hydrogen-bond acceptors (Lipinski definition) is 3. The molecule has 0 radical (unpaired) electrons. The van der Waals surface area contributed by atoms with Crippen LogP contribution in [0.15, 0.2) is 30.5 Å². The summed E-state index contributed by atoms with van der Waals surface area (Å²) in [6.07, 6.45) is 2.06. The van der Waals surface area contributed by atoms with E-state index < -0.39 is 5.97 Å². The van der Waals surface area contributed by atoms with Crippen molar-refractivity contribution in [2.24, 2.45) is 5.92 Å². The molecule has 3 rings (SSSR count). The number of ether oxygens (including phenoxy) is 1. The van der Waals surface area contributed by atoms with Gasteiger partial charge in [0.1, 0.15) is 23.2 Å². The molecule has 0 saturated heterocycles. The lowest BCUT2D eigenvalue weighted by Gasteiger charge is -2.32. The lowest BCUT2D eigenvalue weighted by atomic mass is 9.82. The molecule has 4 nitrogen and oxygen atoms in total. The minimum atomic E-state index is -0.780. The Bertz CT molecular complexity index is 638. The summed E-state index contributed by atoms with van der Waals surface area (Å²) in [4.78, 5) is 14.7. The highest BCUT2D eigenvalue weighted by atomic mass is 19.1. The van der Waals surface area contributed by atoms with Gasteiger partial charge in [-0.2, -0.15) is 0 Å². The monoisotopic (exact) mass is 261 g/mol. The molecule has 1 aromatic carbocycles. The summed E-state index contributed by atoms with van der Waals surface area (Å²) in [7, 11) is 0. The van der Waals surface area contributed by atoms with E-state index in [0.717, 1.165) is 6.20 Å². The van der Waals surface area contributed by atoms with Crippen LogP contribution in [0.2, 0.25) is 0 Å². The lowest BCUT2D eigenvalue weighted by molar-refractivity contribution is -0.147. The molecular weight excluding hydrogens is 249 g/mol. The summed E-state index contributed by atoms with van der Waals surface area (Å²) in [6.45, 7) is 0. The predicted octanol–water partition coefficient (Wildman–Crippen LogP) is 2.62. The van der Waals surface area contributed by atoms with Gasteiger partial charge in [-0.1, -0.05) is 12.1 Å². The second kappa shape index (κ2) is 4.50. The van der Waals surface area contributed by atoms with Crippen molar-refractivity contribution >= 4 is 16.9 Å². The number of nitrogens with zero attached hydrogens (tertiary/aromatic N) is 1. The third-order valence-corrected chi connectivity index (χ3v) is 3.38. The van der Waals surface area contributed by atoms with Crippen LogP contribution < -0.4 is 4.74 Å². The fourth-order valence-electron chi connectivity index (χ4n) is 2.24. The summed E-state index contributed by atoms with van der Waals surface area (Å²) >= 11 is 0. The Hall–Kier alpha value is -2.17. The lowest BCUT2D eigenvalue weighted by Crippen LogP contribution is -2.38. The van der Waals surface area contributed by atoms with Gasteiger partial charge in [0, 0.05) is 5.39 Å². The van der Waals surface area contributed by atoms with Crippen LogP contribution in [-0.2, 0) is 4.79 Å². The summed E-state index contributed by atoms with van der Waals surface area (Å²) < 4.78 is 18.8. The maximum atomic E-state index is 13.1. The highest BCUT2D eigenvalue weighted by molar-refractivity contribution is 5.84. The van der Waals surface area contributed by atoms with E-state index >= 15 is 0 Å². The number of carboxylic acids is 1. The fraction of sp³-hybridized carbons (Fsp3) is 0.286. The van der Waals surface area contributed by atoms with Crippen molar-refractivity contribution in [3.63, 3.8) is 0 Å². The molecule has 98 valence electrons. The molecule has 5 heteroatoms. The number of aliphatic carboxylic acids is 1. The van der Waals surface area contributed by atoms with Crippen LogP contribution in [0.25, 0.3) is 10.9 Å². The van der Waals surface area contributed by atoms with E-state index in [1.54, 1.807) is 18.2 Å². The number of aromatic nitrogens is 1. The van der Waals surface area contributed by atoms with Gasteiger partial charge in [0.25, 0.3) is 0 Å². The third-order valence-electron chi connectivity index (χ3n) is 3.38. The molecule has 1 fully saturated rings. The first-order valence-corrected chi connectivity index (χ1v) is 6.07. The molecule has 1 saturated carbocycles. The molecule has 19 heavy (non-hydrogen) atoms. The molecule has 0 aliphatic heterocycles. The molecule has 1 aliphatic rings. The van der Waals surface area contributed by atoms with Crippen molar-refractivity contribution in [1.29, 1.82) is 0 Å². The Balaban J connectivity index is 1.80. The van der Waals surface area contributed by atoms with Crippen molar-refractivity contribution in [2.75, 3.05) is 0 Å². The summed E-state index contributed by atoms with van der Waals surface area (Å²) in [5.41, 5.74) is 0.600. The summed E-state index contributed by atoms with van der Waals surface area (Å²) in [6, 6.07) is 6.70. The van der Waals surface area contributed by atoms with Crippen molar-refractivity contribution in [2.45, 2.75) is 18.9 Å². The van der Waals surface area contributed by atoms with Gasteiger partial charge in [0.2, 0.25) is 0 Å². The number of fused-ring (bicyclic) bond motifs is 1. The van der Waals surface area contributed by atoms with Crippen LogP contribution >= 0.6 is 0 Å². The van der Waals surface area contributed by atoms with E-state index in [1.165, 1.54) is 6.07 Å². The molecule has 0 spiro atoms. The molecule has 0 atom stereocenters. The number of carboxylic acid groups (broad SMARTS) is 1. The average Bonchev–Trinajstić information content (AvgIpc) is 2.32. The fourth-order valence-corrected chi connectivity index (χ4v) is 2.24. The van der Waals surface area contributed by atoms with E-state index in [4.69, 9.17) is 9.84 Å². The molecule has 1 aliphatic carbocycles. The number of para-hydroxylation sites is 1. The summed E-state index contributed by atoms with van der Waals surface area (Å²) in [5.74, 6) is -0.908. The van der Waals surface area contributed by atoms with Crippen LogP contribution in [0.3, 0.4) is 0 Å². The zero-order valence-electron chi connectivity index (χ0n) is 10.0. The average molecular weight is 261 g/mol. The maximum absolute atomic E-state index is 13.1.